The van der Waals surface area contributed by atoms with Crippen LogP contribution in [0.25, 0.3) is 0 Å². The number of benzene rings is 2. The van der Waals surface area contributed by atoms with Crippen LogP contribution in [-0.2, 0) is 16.4 Å². The van der Waals surface area contributed by atoms with Crippen molar-refractivity contribution in [3.05, 3.63) is 57.6 Å². The van der Waals surface area contributed by atoms with E-state index in [-0.39, 0.29) is 17.1 Å². The largest absolute Gasteiger partial charge is 0.490 e. The van der Waals surface area contributed by atoms with E-state index in [1.54, 1.807) is 13.0 Å². The highest BCUT2D eigenvalue weighted by Crippen LogP contribution is 2.28. The highest BCUT2D eigenvalue weighted by Gasteiger charge is 2.19. The lowest BCUT2D eigenvalue weighted by atomic mass is 10.1. The summed E-state index contributed by atoms with van der Waals surface area (Å²) in [5.74, 6) is 1.25. The monoisotopic (exact) mass is 408 g/mol. The van der Waals surface area contributed by atoms with Gasteiger partial charge in [0.25, 0.3) is 5.69 Å². The van der Waals surface area contributed by atoms with Gasteiger partial charge in [-0.3, -0.25) is 10.1 Å². The Balaban J connectivity index is 2.09. The first kappa shape index (κ1) is 21.6. The average molecular weight is 408 g/mol. The lowest BCUT2D eigenvalue weighted by molar-refractivity contribution is -0.385. The first-order chi connectivity index (χ1) is 13.3. The molecule has 0 aromatic heterocycles. The standard InChI is InChI=1S/C19H24N2O6S/c1-4-26-18-9-7-15(12-19(18)27-5-2)10-11-20-28(24,25)16-8-6-14(3)17(13-16)21(22)23/h6-9,12-13,20H,4-5,10-11H2,1-3H3. The SMILES string of the molecule is CCOc1ccc(CCNS(=O)(=O)c2ccc(C)c([N+](=O)[O-])c2)cc1OCC. The molecule has 0 atom stereocenters. The van der Waals surface area contributed by atoms with Crippen molar-refractivity contribution in [2.45, 2.75) is 32.1 Å². The van der Waals surface area contributed by atoms with Gasteiger partial charge >= 0.3 is 0 Å². The molecule has 0 aliphatic heterocycles. The molecule has 152 valence electrons. The number of ether oxygens (including phenoxy) is 2. The number of nitrogens with zero attached hydrogens (tertiary/aromatic N) is 1. The molecule has 2 aromatic rings. The van der Waals surface area contributed by atoms with Gasteiger partial charge in [-0.1, -0.05) is 12.1 Å². The van der Waals surface area contributed by atoms with Crippen molar-refractivity contribution < 1.29 is 22.8 Å². The Kier molecular flexibility index (Phi) is 7.36. The van der Waals surface area contributed by atoms with E-state index >= 15 is 0 Å². The molecule has 0 aliphatic rings. The van der Waals surface area contributed by atoms with Gasteiger partial charge in [-0.2, -0.15) is 0 Å². The van der Waals surface area contributed by atoms with E-state index in [1.165, 1.54) is 12.1 Å². The fourth-order valence-corrected chi connectivity index (χ4v) is 3.67. The molecule has 0 saturated heterocycles. The molecule has 0 amide bonds. The van der Waals surface area contributed by atoms with Crippen molar-refractivity contribution in [2.24, 2.45) is 0 Å². The number of hydrogen-bond acceptors (Lipinski definition) is 6. The van der Waals surface area contributed by atoms with Gasteiger partial charge in [0.1, 0.15) is 0 Å². The molecule has 0 fully saturated rings. The Morgan fingerprint density at radius 3 is 2.36 bits per heavy atom. The first-order valence-corrected chi connectivity index (χ1v) is 10.4. The molecule has 0 saturated carbocycles. The predicted molar refractivity (Wildman–Crippen MR) is 106 cm³/mol. The van der Waals surface area contributed by atoms with Gasteiger partial charge in [-0.25, -0.2) is 13.1 Å². The van der Waals surface area contributed by atoms with Crippen molar-refractivity contribution >= 4 is 15.7 Å². The van der Waals surface area contributed by atoms with Crippen molar-refractivity contribution in [1.82, 2.24) is 4.72 Å². The van der Waals surface area contributed by atoms with Crippen molar-refractivity contribution in [2.75, 3.05) is 19.8 Å². The number of aryl methyl sites for hydroxylation is 1. The quantitative estimate of drug-likeness (QED) is 0.478. The summed E-state index contributed by atoms with van der Waals surface area (Å²) in [5.41, 5.74) is 1.06. The maximum atomic E-state index is 12.4. The molecule has 0 unspecified atom stereocenters. The van der Waals surface area contributed by atoms with E-state index < -0.39 is 14.9 Å². The number of nitro groups is 1. The third-order valence-electron chi connectivity index (χ3n) is 4.00. The average Bonchev–Trinajstić information content (AvgIpc) is 2.64. The fraction of sp³-hybridized carbons (Fsp3) is 0.368. The third kappa shape index (κ3) is 5.43. The van der Waals surface area contributed by atoms with E-state index in [1.807, 2.05) is 26.0 Å². The number of hydrogen-bond donors (Lipinski definition) is 1. The Labute approximate surface area is 164 Å². The minimum absolute atomic E-state index is 0.133. The minimum Gasteiger partial charge on any atom is -0.490 e. The Hall–Kier alpha value is -2.65. The maximum Gasteiger partial charge on any atom is 0.273 e. The van der Waals surface area contributed by atoms with E-state index in [9.17, 15) is 18.5 Å². The summed E-state index contributed by atoms with van der Waals surface area (Å²) in [6.07, 6.45) is 0.430. The van der Waals surface area contributed by atoms with Crippen LogP contribution in [0, 0.1) is 17.0 Å². The molecule has 0 radical (unpaired) electrons. The van der Waals surface area contributed by atoms with Crippen molar-refractivity contribution in [3.8, 4) is 11.5 Å². The molecule has 0 heterocycles. The molecule has 0 spiro atoms. The highest BCUT2D eigenvalue weighted by atomic mass is 32.2. The lowest BCUT2D eigenvalue weighted by Crippen LogP contribution is -2.26. The smallest absolute Gasteiger partial charge is 0.273 e. The highest BCUT2D eigenvalue weighted by molar-refractivity contribution is 7.89. The molecule has 0 aliphatic carbocycles. The number of nitro benzene ring substituents is 1. The molecule has 2 aromatic carbocycles. The molecule has 0 bridgehead atoms. The van der Waals surface area contributed by atoms with Crippen LogP contribution in [0.2, 0.25) is 0 Å². The molecular formula is C19H24N2O6S. The normalized spacial score (nSPS) is 11.2. The number of rotatable bonds is 10. The molecule has 1 N–H and O–H groups in total. The van der Waals surface area contributed by atoms with E-state index in [0.717, 1.165) is 11.6 Å². The minimum atomic E-state index is -3.85. The molecule has 9 heteroatoms. The van der Waals surface area contributed by atoms with Crippen molar-refractivity contribution in [3.63, 3.8) is 0 Å². The zero-order valence-electron chi connectivity index (χ0n) is 16.1. The predicted octanol–water partition coefficient (Wildman–Crippen LogP) is 3.22. The zero-order chi connectivity index (χ0) is 20.7. The summed E-state index contributed by atoms with van der Waals surface area (Å²) >= 11 is 0. The van der Waals surface area contributed by atoms with Gasteiger partial charge in [0.05, 0.1) is 23.0 Å². The van der Waals surface area contributed by atoms with E-state index in [2.05, 4.69) is 4.72 Å². The Morgan fingerprint density at radius 2 is 1.71 bits per heavy atom. The summed E-state index contributed by atoms with van der Waals surface area (Å²) in [7, 11) is -3.85. The summed E-state index contributed by atoms with van der Waals surface area (Å²) < 4.78 is 38.4. The van der Waals surface area contributed by atoms with Crippen LogP contribution in [0.1, 0.15) is 25.0 Å². The van der Waals surface area contributed by atoms with Gasteiger partial charge < -0.3 is 9.47 Å². The summed E-state index contributed by atoms with van der Waals surface area (Å²) in [4.78, 5) is 10.3. The molecule has 2 rings (SSSR count). The van der Waals surface area contributed by atoms with Crippen molar-refractivity contribution in [1.29, 1.82) is 0 Å². The van der Waals surface area contributed by atoms with Crippen LogP contribution in [0.3, 0.4) is 0 Å². The van der Waals surface area contributed by atoms with Gasteiger partial charge in [-0.15, -0.1) is 0 Å². The van der Waals surface area contributed by atoms with E-state index in [0.29, 0.717) is 36.7 Å². The maximum absolute atomic E-state index is 12.4. The van der Waals surface area contributed by atoms with Crippen LogP contribution in [0.5, 0.6) is 11.5 Å². The van der Waals surface area contributed by atoms with Gasteiger partial charge in [0, 0.05) is 18.2 Å². The van der Waals surface area contributed by atoms with Crippen LogP contribution >= 0.6 is 0 Å². The zero-order valence-corrected chi connectivity index (χ0v) is 16.9. The fourth-order valence-electron chi connectivity index (χ4n) is 2.62. The lowest BCUT2D eigenvalue weighted by Gasteiger charge is -2.13. The molecular weight excluding hydrogens is 384 g/mol. The van der Waals surface area contributed by atoms with Gasteiger partial charge in [0.2, 0.25) is 10.0 Å². The summed E-state index contributed by atoms with van der Waals surface area (Å²) in [5, 5.41) is 11.0. The molecule has 28 heavy (non-hydrogen) atoms. The Bertz CT molecular complexity index is 943. The van der Waals surface area contributed by atoms with Gasteiger partial charge in [-0.05, 0) is 51.0 Å². The summed E-state index contributed by atoms with van der Waals surface area (Å²) in [6, 6.07) is 9.31. The van der Waals surface area contributed by atoms with Crippen LogP contribution < -0.4 is 14.2 Å². The summed E-state index contributed by atoms with van der Waals surface area (Å²) in [6.45, 7) is 6.46. The topological polar surface area (TPSA) is 108 Å². The number of nitrogens with one attached hydrogen (secondary N) is 1. The second-order valence-corrected chi connectivity index (χ2v) is 7.77. The number of sulfonamides is 1. The van der Waals surface area contributed by atoms with Crippen LogP contribution in [0.15, 0.2) is 41.3 Å². The second-order valence-electron chi connectivity index (χ2n) is 6.00. The first-order valence-electron chi connectivity index (χ1n) is 8.91. The van der Waals surface area contributed by atoms with Crippen LogP contribution in [0.4, 0.5) is 5.69 Å². The molecule has 8 nitrogen and oxygen atoms in total. The van der Waals surface area contributed by atoms with Crippen LogP contribution in [-0.4, -0.2) is 33.1 Å². The second kappa shape index (κ2) is 9.52. The van der Waals surface area contributed by atoms with Gasteiger partial charge in [0.15, 0.2) is 11.5 Å². The Morgan fingerprint density at radius 1 is 1.04 bits per heavy atom. The third-order valence-corrected chi connectivity index (χ3v) is 5.46. The van der Waals surface area contributed by atoms with E-state index in [4.69, 9.17) is 9.47 Å².